The molecule has 0 aliphatic carbocycles. The normalized spacial score (nSPS) is 12.5. The van der Waals surface area contributed by atoms with Crippen molar-refractivity contribution in [3.8, 4) is 17.2 Å². The van der Waals surface area contributed by atoms with E-state index in [0.29, 0.717) is 18.6 Å². The summed E-state index contributed by atoms with van der Waals surface area (Å²) in [6, 6.07) is 39.9. The van der Waals surface area contributed by atoms with Gasteiger partial charge in [-0.3, -0.25) is 0 Å². The number of rotatable bonds is 12. The zero-order valence-electron chi connectivity index (χ0n) is 24.2. The van der Waals surface area contributed by atoms with E-state index in [1.807, 2.05) is 72.8 Å². The fourth-order valence-corrected chi connectivity index (χ4v) is 6.23. The smallest absolute Gasteiger partial charge is 0.380 e. The average molecular weight is 577 g/mol. The van der Waals surface area contributed by atoms with Crippen molar-refractivity contribution in [3.63, 3.8) is 0 Å². The Morgan fingerprint density at radius 1 is 0.571 bits per heavy atom. The first-order chi connectivity index (χ1) is 20.4. The predicted molar refractivity (Wildman–Crippen MR) is 171 cm³/mol. The maximum Gasteiger partial charge on any atom is 0.380 e. The van der Waals surface area contributed by atoms with Crippen LogP contribution in [0.4, 0.5) is 0 Å². The van der Waals surface area contributed by atoms with Gasteiger partial charge in [0.2, 0.25) is 0 Å². The van der Waals surface area contributed by atoms with Gasteiger partial charge < -0.3 is 14.2 Å². The van der Waals surface area contributed by atoms with Crippen molar-refractivity contribution in [2.75, 3.05) is 0 Å². The molecule has 0 bridgehead atoms. The molecular weight excluding hydrogens is 539 g/mol. The van der Waals surface area contributed by atoms with Crippen molar-refractivity contribution in [2.24, 2.45) is 0 Å². The van der Waals surface area contributed by atoms with Gasteiger partial charge in [-0.05, 0) is 76.1 Å². The summed E-state index contributed by atoms with van der Waals surface area (Å²) in [5.41, 5.74) is 7.29. The van der Waals surface area contributed by atoms with Crippen LogP contribution in [0.1, 0.15) is 52.8 Å². The Morgan fingerprint density at radius 3 is 1.48 bits per heavy atom. The molecular formula is C37H37O4P. The molecule has 5 aromatic rings. The van der Waals surface area contributed by atoms with E-state index in [4.69, 9.17) is 9.26 Å². The second kappa shape index (κ2) is 13.7. The van der Waals surface area contributed by atoms with Gasteiger partial charge >= 0.3 is 7.60 Å². The molecule has 0 saturated carbocycles. The van der Waals surface area contributed by atoms with Gasteiger partial charge in [0.05, 0.1) is 6.16 Å². The van der Waals surface area contributed by atoms with E-state index >= 15 is 0 Å². The Kier molecular flexibility index (Phi) is 9.59. The van der Waals surface area contributed by atoms with Crippen LogP contribution in [0.2, 0.25) is 0 Å². The van der Waals surface area contributed by atoms with E-state index in [-0.39, 0.29) is 6.16 Å². The third kappa shape index (κ3) is 8.00. The van der Waals surface area contributed by atoms with Gasteiger partial charge in [0.15, 0.2) is 0 Å². The molecule has 0 fully saturated rings. The largest absolute Gasteiger partial charge is 0.457 e. The molecule has 42 heavy (non-hydrogen) atoms. The van der Waals surface area contributed by atoms with Gasteiger partial charge in [-0.1, -0.05) is 111 Å². The molecule has 0 saturated heterocycles. The van der Waals surface area contributed by atoms with Crippen molar-refractivity contribution in [2.45, 2.75) is 45.7 Å². The highest BCUT2D eigenvalue weighted by molar-refractivity contribution is 7.52. The number of benzene rings is 5. The topological polar surface area (TPSA) is 55.8 Å². The van der Waals surface area contributed by atoms with Gasteiger partial charge in [-0.25, -0.2) is 4.57 Å². The van der Waals surface area contributed by atoms with Gasteiger partial charge in [0.1, 0.15) is 17.2 Å². The second-order valence-corrected chi connectivity index (χ2v) is 12.3. The Balaban J connectivity index is 1.54. The van der Waals surface area contributed by atoms with Crippen molar-refractivity contribution < 1.29 is 18.7 Å². The molecule has 1 atom stereocenters. The molecule has 0 spiro atoms. The number of hydrogen-bond acceptors (Lipinski definition) is 3. The van der Waals surface area contributed by atoms with E-state index in [0.717, 1.165) is 57.7 Å². The first-order valence-electron chi connectivity index (χ1n) is 14.5. The van der Waals surface area contributed by atoms with Crippen LogP contribution < -0.4 is 9.26 Å². The maximum absolute atomic E-state index is 13.4. The van der Waals surface area contributed by atoms with Crippen LogP contribution >= 0.6 is 7.60 Å². The summed E-state index contributed by atoms with van der Waals surface area (Å²) >= 11 is 0. The van der Waals surface area contributed by atoms with Crippen LogP contribution in [-0.4, -0.2) is 4.89 Å². The zero-order valence-corrected chi connectivity index (χ0v) is 25.1. The van der Waals surface area contributed by atoms with Crippen LogP contribution in [0.5, 0.6) is 17.2 Å². The van der Waals surface area contributed by atoms with E-state index in [9.17, 15) is 9.46 Å². The molecule has 0 aliphatic rings. The van der Waals surface area contributed by atoms with Crippen LogP contribution in [-0.2, 0) is 36.4 Å². The van der Waals surface area contributed by atoms with E-state index in [1.54, 1.807) is 12.1 Å². The lowest BCUT2D eigenvalue weighted by Gasteiger charge is -2.20. The Morgan fingerprint density at radius 2 is 1.02 bits per heavy atom. The van der Waals surface area contributed by atoms with Crippen molar-refractivity contribution in [1.82, 2.24) is 0 Å². The summed E-state index contributed by atoms with van der Waals surface area (Å²) in [7, 11) is -4.00. The molecule has 1 N–H and O–H groups in total. The van der Waals surface area contributed by atoms with E-state index in [1.165, 1.54) is 5.56 Å². The summed E-state index contributed by atoms with van der Waals surface area (Å²) in [5.74, 6) is 1.93. The molecule has 0 amide bonds. The molecule has 0 aliphatic heterocycles. The Hall–Kier alpha value is -4.11. The average Bonchev–Trinajstić information content (AvgIpc) is 3.00. The molecule has 0 aromatic heterocycles. The van der Waals surface area contributed by atoms with Gasteiger partial charge in [-0.2, -0.15) is 0 Å². The van der Waals surface area contributed by atoms with Crippen LogP contribution in [0.25, 0.3) is 0 Å². The second-order valence-electron chi connectivity index (χ2n) is 10.6. The van der Waals surface area contributed by atoms with Gasteiger partial charge in [0, 0.05) is 12.8 Å². The highest BCUT2D eigenvalue weighted by atomic mass is 31.2. The lowest BCUT2D eigenvalue weighted by atomic mass is 9.95. The summed E-state index contributed by atoms with van der Waals surface area (Å²) in [6.07, 6.45) is 2.97. The fourth-order valence-electron chi connectivity index (χ4n) is 5.07. The quantitative estimate of drug-likeness (QED) is 0.150. The maximum atomic E-state index is 13.4. The molecule has 5 aromatic carbocycles. The number of ether oxygens (including phenoxy) is 1. The van der Waals surface area contributed by atoms with Crippen molar-refractivity contribution >= 4 is 7.60 Å². The standard InChI is InChI=1S/C37H37O4P/c1-3-28-15-19-35(20-16-28)40-37-33(23-30-11-7-5-8-12-30)25-32(26-34(37)24-31-13-9-6-10-14-31)27-42(38,39)41-36-21-17-29(4-2)18-22-36/h5-22,25-26H,3-4,23-24,27H2,1-2H3,(H,38,39). The number of hydrogen-bond donors (Lipinski definition) is 1. The third-order valence-corrected chi connectivity index (χ3v) is 8.55. The third-order valence-electron chi connectivity index (χ3n) is 7.29. The highest BCUT2D eigenvalue weighted by Crippen LogP contribution is 2.47. The number of aryl methyl sites for hydroxylation is 2. The minimum Gasteiger partial charge on any atom is -0.457 e. The van der Waals surface area contributed by atoms with E-state index < -0.39 is 7.60 Å². The zero-order chi connectivity index (χ0) is 29.4. The van der Waals surface area contributed by atoms with E-state index in [2.05, 4.69) is 50.2 Å². The molecule has 5 rings (SSSR count). The van der Waals surface area contributed by atoms with Crippen molar-refractivity contribution in [3.05, 3.63) is 160 Å². The summed E-state index contributed by atoms with van der Waals surface area (Å²) < 4.78 is 25.7. The molecule has 4 nitrogen and oxygen atoms in total. The molecule has 0 radical (unpaired) electrons. The Bertz CT molecular complexity index is 1570. The van der Waals surface area contributed by atoms with Gasteiger partial charge in [0.25, 0.3) is 0 Å². The van der Waals surface area contributed by atoms with Crippen LogP contribution in [0.15, 0.2) is 121 Å². The first kappa shape index (κ1) is 29.4. The lowest BCUT2D eigenvalue weighted by Crippen LogP contribution is -2.04. The monoisotopic (exact) mass is 576 g/mol. The van der Waals surface area contributed by atoms with Crippen LogP contribution in [0.3, 0.4) is 0 Å². The molecule has 5 heteroatoms. The summed E-state index contributed by atoms with van der Waals surface area (Å²) in [5, 5.41) is 0. The minimum absolute atomic E-state index is 0.114. The summed E-state index contributed by atoms with van der Waals surface area (Å²) in [6.45, 7) is 4.20. The molecule has 0 heterocycles. The SMILES string of the molecule is CCc1ccc(Oc2c(Cc3ccccc3)cc(CP(=O)(O)Oc3ccc(CC)cc3)cc2Cc2ccccc2)cc1. The fraction of sp³-hybridized carbons (Fsp3) is 0.189. The molecule has 214 valence electrons. The predicted octanol–water partition coefficient (Wildman–Crippen LogP) is 9.55. The van der Waals surface area contributed by atoms with Crippen molar-refractivity contribution in [1.29, 1.82) is 0 Å². The van der Waals surface area contributed by atoms with Crippen LogP contribution in [0, 0.1) is 0 Å². The lowest BCUT2D eigenvalue weighted by molar-refractivity contribution is 0.378. The van der Waals surface area contributed by atoms with Gasteiger partial charge in [-0.15, -0.1) is 0 Å². The Labute approximate surface area is 249 Å². The highest BCUT2D eigenvalue weighted by Gasteiger charge is 2.24. The first-order valence-corrected chi connectivity index (χ1v) is 16.3. The summed E-state index contributed by atoms with van der Waals surface area (Å²) in [4.78, 5) is 11.0. The minimum atomic E-state index is -4.00. The molecule has 1 unspecified atom stereocenters.